The topological polar surface area (TPSA) is 53.0 Å². The summed E-state index contributed by atoms with van der Waals surface area (Å²) >= 11 is 9.49. The van der Waals surface area contributed by atoms with Crippen LogP contribution in [-0.2, 0) is 31.7 Å². The third-order valence-corrected chi connectivity index (χ3v) is 5.70. The molecule has 1 unspecified atom stereocenters. The van der Waals surface area contributed by atoms with Crippen molar-refractivity contribution in [2.24, 2.45) is 5.92 Å². The number of nitrogens with zero attached hydrogens (tertiary/aromatic N) is 2. The molecule has 1 N–H and O–H groups in total. The Morgan fingerprint density at radius 1 is 1.31 bits per heavy atom. The molecule has 1 saturated heterocycles. The van der Waals surface area contributed by atoms with E-state index in [1.54, 1.807) is 7.05 Å². The second-order valence-electron chi connectivity index (χ2n) is 7.22. The minimum absolute atomic E-state index is 0. The van der Waals surface area contributed by atoms with Gasteiger partial charge in [0.25, 0.3) is 0 Å². The van der Waals surface area contributed by atoms with Crippen LogP contribution in [0, 0.1) is 5.92 Å². The zero-order chi connectivity index (χ0) is 20.1. The number of amides is 1. The summed E-state index contributed by atoms with van der Waals surface area (Å²) in [5.74, 6) is 1.23. The van der Waals surface area contributed by atoms with E-state index < -0.39 is 6.09 Å². The summed E-state index contributed by atoms with van der Waals surface area (Å²) in [5, 5.41) is 9.77. The van der Waals surface area contributed by atoms with Crippen LogP contribution in [0.25, 0.3) is 0 Å². The van der Waals surface area contributed by atoms with Crippen LogP contribution in [0.2, 0.25) is 5.02 Å². The van der Waals surface area contributed by atoms with E-state index in [9.17, 15) is 4.79 Å². The summed E-state index contributed by atoms with van der Waals surface area (Å²) in [7, 11) is 1.63. The van der Waals surface area contributed by atoms with E-state index >= 15 is 0 Å². The van der Waals surface area contributed by atoms with E-state index in [1.165, 1.54) is 4.90 Å². The maximum Gasteiger partial charge on any atom is 0.407 e. The fourth-order valence-electron chi connectivity index (χ4n) is 3.47. The maximum atomic E-state index is 11.0. The quantitative estimate of drug-likeness (QED) is 0.554. The molecular weight excluding hydrogens is 495 g/mol. The molecule has 1 heterocycles. The molecule has 0 bridgehead atoms. The zero-order valence-corrected chi connectivity index (χ0v) is 20.0. The van der Waals surface area contributed by atoms with Gasteiger partial charge in [0, 0.05) is 60.3 Å². The van der Waals surface area contributed by atoms with Gasteiger partial charge in [-0.15, -0.1) is 0 Å². The smallest absolute Gasteiger partial charge is 0.407 e. The van der Waals surface area contributed by atoms with Crippen LogP contribution >= 0.6 is 27.5 Å². The van der Waals surface area contributed by atoms with E-state index in [-0.39, 0.29) is 18.6 Å². The Kier molecular flexibility index (Phi) is 9.37. The maximum absolute atomic E-state index is 11.0. The molecule has 3 rings (SSSR count). The molecule has 1 aliphatic rings. The number of benzene rings is 2. The Morgan fingerprint density at radius 3 is 2.72 bits per heavy atom. The first-order chi connectivity index (χ1) is 13.4. The fraction of sp³-hybridized carbons (Fsp3) is 0.381. The Hall–Kier alpha value is -1.18. The predicted molar refractivity (Wildman–Crippen MR) is 114 cm³/mol. The molecule has 0 aromatic heterocycles. The largest absolute Gasteiger partial charge is 0.489 e. The molecule has 2 aromatic carbocycles. The Bertz CT molecular complexity index is 822. The number of hydrogen-bond acceptors (Lipinski definition) is 3. The van der Waals surface area contributed by atoms with Gasteiger partial charge in [0.1, 0.15) is 12.4 Å². The second-order valence-corrected chi connectivity index (χ2v) is 8.57. The van der Waals surface area contributed by atoms with Gasteiger partial charge in [-0.05, 0) is 54.8 Å². The van der Waals surface area contributed by atoms with Crippen molar-refractivity contribution in [2.45, 2.75) is 19.6 Å². The van der Waals surface area contributed by atoms with Gasteiger partial charge in [-0.2, -0.15) is 0 Å². The van der Waals surface area contributed by atoms with Crippen molar-refractivity contribution in [1.82, 2.24) is 9.80 Å². The molecule has 29 heavy (non-hydrogen) atoms. The van der Waals surface area contributed by atoms with Gasteiger partial charge >= 0.3 is 6.09 Å². The number of hydrogen-bond donors (Lipinski definition) is 1. The molecular formula is C21H24BrClN2O3V. The van der Waals surface area contributed by atoms with Crippen LogP contribution in [0.1, 0.15) is 17.5 Å². The van der Waals surface area contributed by atoms with Gasteiger partial charge in [0.2, 0.25) is 0 Å². The van der Waals surface area contributed by atoms with Gasteiger partial charge in [0.15, 0.2) is 0 Å². The first kappa shape index (κ1) is 24.1. The van der Waals surface area contributed by atoms with E-state index in [0.717, 1.165) is 47.4 Å². The first-order valence-electron chi connectivity index (χ1n) is 9.23. The van der Waals surface area contributed by atoms with E-state index in [4.69, 9.17) is 21.4 Å². The minimum atomic E-state index is -0.872. The Balaban J connectivity index is 0.00000300. The molecule has 8 heteroatoms. The number of ether oxygens (including phenoxy) is 1. The molecule has 155 valence electrons. The van der Waals surface area contributed by atoms with Crippen molar-refractivity contribution in [3.63, 3.8) is 0 Å². The third kappa shape index (κ3) is 7.23. The Labute approximate surface area is 197 Å². The second kappa shape index (κ2) is 11.3. The molecule has 1 radical (unpaired) electrons. The minimum Gasteiger partial charge on any atom is -0.489 e. The predicted octanol–water partition coefficient (Wildman–Crippen LogP) is 5.11. The van der Waals surface area contributed by atoms with Crippen LogP contribution in [0.15, 0.2) is 46.9 Å². The average Bonchev–Trinajstić information content (AvgIpc) is 3.09. The number of halogens is 2. The number of rotatable bonds is 7. The zero-order valence-electron chi connectivity index (χ0n) is 16.2. The summed E-state index contributed by atoms with van der Waals surface area (Å²) in [6, 6.07) is 13.7. The number of likely N-dealkylation sites (tertiary alicyclic amines) is 1. The van der Waals surface area contributed by atoms with Gasteiger partial charge in [-0.1, -0.05) is 39.7 Å². The van der Waals surface area contributed by atoms with Crippen LogP contribution in [-0.4, -0.2) is 47.7 Å². The van der Waals surface area contributed by atoms with Gasteiger partial charge in [-0.25, -0.2) is 4.79 Å². The number of carbonyl (C=O) groups is 1. The van der Waals surface area contributed by atoms with Crippen molar-refractivity contribution >= 4 is 33.6 Å². The molecule has 0 aliphatic carbocycles. The molecule has 5 nitrogen and oxygen atoms in total. The van der Waals surface area contributed by atoms with Crippen LogP contribution in [0.5, 0.6) is 5.75 Å². The molecule has 1 aliphatic heterocycles. The third-order valence-electron chi connectivity index (χ3n) is 4.95. The van der Waals surface area contributed by atoms with Crippen LogP contribution in [0.4, 0.5) is 4.79 Å². The van der Waals surface area contributed by atoms with Crippen LogP contribution in [0.3, 0.4) is 0 Å². The molecule has 1 fully saturated rings. The molecule has 1 atom stereocenters. The summed E-state index contributed by atoms with van der Waals surface area (Å²) in [5.41, 5.74) is 2.19. The molecule has 1 amide bonds. The van der Waals surface area contributed by atoms with Gasteiger partial charge in [0.05, 0.1) is 0 Å². The van der Waals surface area contributed by atoms with Gasteiger partial charge in [-0.3, -0.25) is 4.90 Å². The average molecular weight is 519 g/mol. The SMILES string of the molecule is CN(CC1CCN(Cc2cc(Br)ccc2OCc2ccc(Cl)cc2)C1)C(=O)O.[V]. The van der Waals surface area contributed by atoms with Gasteiger partial charge < -0.3 is 14.7 Å². The normalized spacial score (nSPS) is 16.3. The van der Waals surface area contributed by atoms with Crippen molar-refractivity contribution in [3.05, 3.63) is 63.1 Å². The summed E-state index contributed by atoms with van der Waals surface area (Å²) in [6.45, 7) is 3.69. The van der Waals surface area contributed by atoms with Crippen LogP contribution < -0.4 is 4.74 Å². The molecule has 0 spiro atoms. The van der Waals surface area contributed by atoms with E-state index in [1.807, 2.05) is 36.4 Å². The van der Waals surface area contributed by atoms with E-state index in [0.29, 0.717) is 24.1 Å². The van der Waals surface area contributed by atoms with Crippen molar-refractivity contribution in [3.8, 4) is 5.75 Å². The Morgan fingerprint density at radius 2 is 2.03 bits per heavy atom. The summed E-state index contributed by atoms with van der Waals surface area (Å²) in [4.78, 5) is 14.8. The fourth-order valence-corrected chi connectivity index (χ4v) is 4.00. The molecule has 2 aromatic rings. The van der Waals surface area contributed by atoms with Crippen molar-refractivity contribution in [1.29, 1.82) is 0 Å². The first-order valence-corrected chi connectivity index (χ1v) is 10.4. The van der Waals surface area contributed by atoms with Crippen molar-refractivity contribution < 1.29 is 33.2 Å². The number of carboxylic acid groups (broad SMARTS) is 1. The summed E-state index contributed by atoms with van der Waals surface area (Å²) < 4.78 is 7.09. The van der Waals surface area contributed by atoms with E-state index in [2.05, 4.69) is 26.9 Å². The summed E-state index contributed by atoms with van der Waals surface area (Å²) in [6.07, 6.45) is 0.135. The standard InChI is InChI=1S/C21H24BrClN2O3.V/c1-24(21(26)27)11-16-8-9-25(12-16)13-17-10-18(22)4-7-20(17)28-14-15-2-5-19(23)6-3-15;/h2-7,10,16H,8-9,11-14H2,1H3,(H,26,27);. The monoisotopic (exact) mass is 517 g/mol. The van der Waals surface area contributed by atoms with Crippen molar-refractivity contribution in [2.75, 3.05) is 26.7 Å². The molecule has 0 saturated carbocycles.